The van der Waals surface area contributed by atoms with Gasteiger partial charge in [-0.1, -0.05) is 60.7 Å². The van der Waals surface area contributed by atoms with Gasteiger partial charge in [-0.05, 0) is 23.8 Å². The van der Waals surface area contributed by atoms with E-state index in [2.05, 4.69) is 5.32 Å². The van der Waals surface area contributed by atoms with Crippen molar-refractivity contribution in [2.24, 2.45) is 0 Å². The van der Waals surface area contributed by atoms with Crippen LogP contribution in [0, 0.1) is 0 Å². The van der Waals surface area contributed by atoms with Gasteiger partial charge in [-0.15, -0.1) is 0 Å². The number of carbonyl (C=O) groups is 3. The molecule has 7 nitrogen and oxygen atoms in total. The van der Waals surface area contributed by atoms with Gasteiger partial charge in [-0.2, -0.15) is 0 Å². The lowest BCUT2D eigenvalue weighted by atomic mass is 9.94. The van der Waals surface area contributed by atoms with Crippen LogP contribution in [0.4, 0.5) is 5.69 Å². The van der Waals surface area contributed by atoms with Crippen LogP contribution in [0.1, 0.15) is 34.3 Å². The van der Waals surface area contributed by atoms with Crippen LogP contribution in [0.3, 0.4) is 0 Å². The zero-order valence-corrected chi connectivity index (χ0v) is 18.9. The number of hydrogen-bond donors (Lipinski definition) is 1. The summed E-state index contributed by atoms with van der Waals surface area (Å²) in [4.78, 5) is 43.9. The topological polar surface area (TPSA) is 79.0 Å². The van der Waals surface area contributed by atoms with E-state index >= 15 is 0 Å². The first-order chi connectivity index (χ1) is 16.6. The molecule has 34 heavy (non-hydrogen) atoms. The van der Waals surface area contributed by atoms with Crippen LogP contribution in [0.15, 0.2) is 78.9 Å². The summed E-state index contributed by atoms with van der Waals surface area (Å²) in [5.74, 6) is -0.169. The van der Waals surface area contributed by atoms with Gasteiger partial charge < -0.3 is 15.0 Å². The Morgan fingerprint density at radius 2 is 1.68 bits per heavy atom. The fourth-order valence-corrected chi connectivity index (χ4v) is 4.94. The standard InChI is InChI=1S/C27H25N3O4/c1-34-23-14-8-5-11-20(23)17-28-26(33)27-16-15-24(31)30(27)22-13-7-6-12-21(22)25(32)29(27)18-19-9-3-2-4-10-19/h2-14H,15-18H2,1H3,(H,28,33)/t27-/m1/s1. The van der Waals surface area contributed by atoms with E-state index < -0.39 is 5.66 Å². The van der Waals surface area contributed by atoms with Crippen molar-refractivity contribution in [3.8, 4) is 5.75 Å². The summed E-state index contributed by atoms with van der Waals surface area (Å²) in [7, 11) is 1.58. The van der Waals surface area contributed by atoms with E-state index in [0.29, 0.717) is 17.0 Å². The molecule has 0 unspecified atom stereocenters. The van der Waals surface area contributed by atoms with E-state index in [1.165, 1.54) is 4.90 Å². The predicted molar refractivity (Wildman–Crippen MR) is 127 cm³/mol. The van der Waals surface area contributed by atoms with Gasteiger partial charge in [0.1, 0.15) is 5.75 Å². The van der Waals surface area contributed by atoms with E-state index in [1.807, 2.05) is 54.6 Å². The minimum atomic E-state index is -1.44. The van der Waals surface area contributed by atoms with Crippen molar-refractivity contribution in [2.45, 2.75) is 31.6 Å². The monoisotopic (exact) mass is 455 g/mol. The number of nitrogens with zero attached hydrogens (tertiary/aromatic N) is 2. The number of amides is 3. The number of fused-ring (bicyclic) bond motifs is 3. The molecule has 0 aliphatic carbocycles. The number of para-hydroxylation sites is 2. The van der Waals surface area contributed by atoms with Crippen molar-refractivity contribution in [2.75, 3.05) is 12.0 Å². The summed E-state index contributed by atoms with van der Waals surface area (Å²) in [6.45, 7) is 0.418. The number of anilines is 1. The molecular formula is C27H25N3O4. The molecule has 0 spiro atoms. The largest absolute Gasteiger partial charge is 0.496 e. The number of hydrogen-bond acceptors (Lipinski definition) is 4. The van der Waals surface area contributed by atoms with Crippen LogP contribution in [0.25, 0.3) is 0 Å². The highest BCUT2D eigenvalue weighted by Gasteiger charge is 2.60. The quantitative estimate of drug-likeness (QED) is 0.617. The SMILES string of the molecule is COc1ccccc1CNC(=O)[C@@]12CCC(=O)N1c1ccccc1C(=O)N2Cc1ccccc1. The van der Waals surface area contributed by atoms with E-state index in [1.54, 1.807) is 36.3 Å². The van der Waals surface area contributed by atoms with E-state index in [0.717, 1.165) is 11.1 Å². The molecule has 1 fully saturated rings. The second-order valence-electron chi connectivity index (χ2n) is 8.43. The molecule has 0 radical (unpaired) electrons. The van der Waals surface area contributed by atoms with Gasteiger partial charge in [0.2, 0.25) is 11.6 Å². The molecule has 1 saturated heterocycles. The second kappa shape index (κ2) is 8.67. The first-order valence-corrected chi connectivity index (χ1v) is 11.2. The Labute approximate surface area is 197 Å². The minimum absolute atomic E-state index is 0.176. The lowest BCUT2D eigenvalue weighted by Crippen LogP contribution is -2.70. The third-order valence-electron chi connectivity index (χ3n) is 6.55. The van der Waals surface area contributed by atoms with E-state index in [4.69, 9.17) is 4.74 Å². The highest BCUT2D eigenvalue weighted by atomic mass is 16.5. The summed E-state index contributed by atoms with van der Waals surface area (Å²) in [5.41, 5.74) is 1.14. The molecule has 2 aliphatic rings. The molecule has 2 heterocycles. The Bertz CT molecular complexity index is 1260. The van der Waals surface area contributed by atoms with Crippen molar-refractivity contribution in [3.05, 3.63) is 95.6 Å². The molecule has 5 rings (SSSR count). The molecule has 0 saturated carbocycles. The molecule has 2 aliphatic heterocycles. The molecule has 172 valence electrons. The van der Waals surface area contributed by atoms with Crippen molar-refractivity contribution < 1.29 is 19.1 Å². The molecule has 1 atom stereocenters. The van der Waals surface area contributed by atoms with Gasteiger partial charge in [0.05, 0.1) is 18.4 Å². The zero-order valence-electron chi connectivity index (χ0n) is 18.9. The summed E-state index contributed by atoms with van der Waals surface area (Å²) in [6, 6.07) is 23.9. The predicted octanol–water partition coefficient (Wildman–Crippen LogP) is 3.49. The smallest absolute Gasteiger partial charge is 0.267 e. The average Bonchev–Trinajstić information content (AvgIpc) is 3.24. The van der Waals surface area contributed by atoms with Crippen molar-refractivity contribution in [1.82, 2.24) is 10.2 Å². The van der Waals surface area contributed by atoms with E-state index in [-0.39, 0.29) is 43.7 Å². The van der Waals surface area contributed by atoms with Crippen molar-refractivity contribution in [1.29, 1.82) is 0 Å². The number of rotatable bonds is 6. The number of ether oxygens (including phenoxy) is 1. The first-order valence-electron chi connectivity index (χ1n) is 11.2. The number of carbonyl (C=O) groups excluding carboxylic acids is 3. The maximum absolute atomic E-state index is 13.9. The summed E-state index contributed by atoms with van der Waals surface area (Å²) in [5, 5.41) is 2.99. The van der Waals surface area contributed by atoms with Crippen LogP contribution in [-0.4, -0.2) is 35.4 Å². The fraction of sp³-hybridized carbons (Fsp3) is 0.222. The van der Waals surface area contributed by atoms with Crippen LogP contribution >= 0.6 is 0 Å². The Hall–Kier alpha value is -4.13. The Balaban J connectivity index is 1.57. The first kappa shape index (κ1) is 21.7. The second-order valence-corrected chi connectivity index (χ2v) is 8.43. The Kier molecular flexibility index (Phi) is 5.53. The third-order valence-corrected chi connectivity index (χ3v) is 6.55. The van der Waals surface area contributed by atoms with Gasteiger partial charge in [0.25, 0.3) is 11.8 Å². The highest BCUT2D eigenvalue weighted by molar-refractivity contribution is 6.16. The molecule has 3 amide bonds. The van der Waals surface area contributed by atoms with E-state index in [9.17, 15) is 14.4 Å². The molecule has 3 aromatic carbocycles. The Morgan fingerprint density at radius 1 is 0.971 bits per heavy atom. The van der Waals surface area contributed by atoms with Crippen LogP contribution in [0.2, 0.25) is 0 Å². The Morgan fingerprint density at radius 3 is 2.47 bits per heavy atom. The van der Waals surface area contributed by atoms with Crippen LogP contribution in [0.5, 0.6) is 5.75 Å². The van der Waals surface area contributed by atoms with Crippen molar-refractivity contribution >= 4 is 23.4 Å². The zero-order chi connectivity index (χ0) is 23.7. The molecule has 1 N–H and O–H groups in total. The maximum Gasteiger partial charge on any atom is 0.267 e. The lowest BCUT2D eigenvalue weighted by Gasteiger charge is -2.49. The van der Waals surface area contributed by atoms with Crippen LogP contribution < -0.4 is 15.0 Å². The minimum Gasteiger partial charge on any atom is -0.496 e. The van der Waals surface area contributed by atoms with Gasteiger partial charge >= 0.3 is 0 Å². The van der Waals surface area contributed by atoms with Crippen LogP contribution in [-0.2, 0) is 22.7 Å². The molecular weight excluding hydrogens is 430 g/mol. The molecule has 3 aromatic rings. The third kappa shape index (κ3) is 3.41. The fourth-order valence-electron chi connectivity index (χ4n) is 4.94. The lowest BCUT2D eigenvalue weighted by molar-refractivity contribution is -0.134. The average molecular weight is 456 g/mol. The number of methoxy groups -OCH3 is 1. The number of benzene rings is 3. The van der Waals surface area contributed by atoms with Gasteiger partial charge in [0.15, 0.2) is 0 Å². The normalized spacial score (nSPS) is 19.0. The van der Waals surface area contributed by atoms with Gasteiger partial charge in [0, 0.05) is 31.5 Å². The summed E-state index contributed by atoms with van der Waals surface area (Å²) in [6.07, 6.45) is 0.394. The molecule has 0 bridgehead atoms. The van der Waals surface area contributed by atoms with Gasteiger partial charge in [-0.25, -0.2) is 0 Å². The molecule has 7 heteroatoms. The summed E-state index contributed by atoms with van der Waals surface area (Å²) >= 11 is 0. The maximum atomic E-state index is 13.9. The highest BCUT2D eigenvalue weighted by Crippen LogP contribution is 2.45. The van der Waals surface area contributed by atoms with Crippen molar-refractivity contribution in [3.63, 3.8) is 0 Å². The molecule has 0 aromatic heterocycles. The number of nitrogens with one attached hydrogen (secondary N) is 1. The summed E-state index contributed by atoms with van der Waals surface area (Å²) < 4.78 is 5.41. The van der Waals surface area contributed by atoms with Gasteiger partial charge in [-0.3, -0.25) is 19.3 Å².